The maximum atomic E-state index is 2.42. The first kappa shape index (κ1) is 71.8. The molecule has 0 amide bonds. The van der Waals surface area contributed by atoms with Gasteiger partial charge < -0.3 is 13.7 Å². The molecule has 27 rings (SSSR count). The maximum absolute atomic E-state index is 2.42. The second-order valence-corrected chi connectivity index (χ2v) is 38.1. The van der Waals surface area contributed by atoms with Crippen molar-refractivity contribution < 1.29 is 0 Å². The van der Waals surface area contributed by atoms with E-state index in [9.17, 15) is 0 Å². The molecule has 0 saturated heterocycles. The second-order valence-electron chi connectivity index (χ2n) is 31.7. The van der Waals surface area contributed by atoms with Crippen molar-refractivity contribution in [2.75, 3.05) is 0 Å². The third-order valence-electron chi connectivity index (χ3n) is 24.7. The summed E-state index contributed by atoms with van der Waals surface area (Å²) in [5.41, 5.74) is 26.4. The van der Waals surface area contributed by atoms with Gasteiger partial charge in [0.1, 0.15) is 0 Å². The molecule has 576 valence electrons. The molecule has 0 aliphatic rings. The van der Waals surface area contributed by atoms with Crippen molar-refractivity contribution in [3.63, 3.8) is 0 Å². The SMILES string of the molecule is c1ccc(-n2c3ccccc3c3sc4cc(-c5ccc(-c6ccc7c(c6)sc6ccccc67)cc5)ccc4c32)cc1.c1ccc(-n2c3ccccc3c3sc4cc(-c5ccc(-c6ccc7sc8ccccc8c7c6)cc5)ccc4c32)cc1.c1ccc(-n2c3ccccc3c3sc4cc(-c5ccc(-c6cccc7sc8ccccc8c67)cc5)ccc4c32)cc1. The number of hydrogen-bond acceptors (Lipinski definition) is 6. The molecule has 0 atom stereocenters. The van der Waals surface area contributed by atoms with Gasteiger partial charge in [0.05, 0.1) is 47.2 Å². The Morgan fingerprint density at radius 1 is 0.146 bits per heavy atom. The summed E-state index contributed by atoms with van der Waals surface area (Å²) in [5.74, 6) is 0. The number of benzene rings is 18. The molecular formula is C114H69N3S6. The van der Waals surface area contributed by atoms with Gasteiger partial charge in [-0.05, 0) is 182 Å². The molecule has 27 aromatic rings. The van der Waals surface area contributed by atoms with E-state index in [1.54, 1.807) is 0 Å². The van der Waals surface area contributed by atoms with Crippen LogP contribution in [0.3, 0.4) is 0 Å². The number of hydrogen-bond donors (Lipinski definition) is 0. The summed E-state index contributed by atoms with van der Waals surface area (Å²) in [7, 11) is 0. The Morgan fingerprint density at radius 2 is 0.415 bits per heavy atom. The molecule has 9 aromatic heterocycles. The molecule has 0 aliphatic heterocycles. The van der Waals surface area contributed by atoms with E-state index in [4.69, 9.17) is 0 Å². The van der Waals surface area contributed by atoms with Crippen LogP contribution in [0.25, 0.3) is 238 Å². The zero-order valence-corrected chi connectivity index (χ0v) is 71.0. The van der Waals surface area contributed by atoms with Crippen molar-refractivity contribution in [1.29, 1.82) is 0 Å². The van der Waals surface area contributed by atoms with Gasteiger partial charge >= 0.3 is 0 Å². The highest BCUT2D eigenvalue weighted by molar-refractivity contribution is 7.28. The zero-order valence-electron chi connectivity index (χ0n) is 66.1. The monoisotopic (exact) mass is 1670 g/mol. The molecule has 3 nitrogen and oxygen atoms in total. The van der Waals surface area contributed by atoms with Crippen LogP contribution >= 0.6 is 68.0 Å². The highest BCUT2D eigenvalue weighted by Gasteiger charge is 2.23. The van der Waals surface area contributed by atoms with Crippen LogP contribution in [0.15, 0.2) is 419 Å². The minimum absolute atomic E-state index is 1.20. The zero-order chi connectivity index (χ0) is 80.7. The molecule has 0 aliphatic carbocycles. The first-order valence-corrected chi connectivity index (χ1v) is 46.5. The van der Waals surface area contributed by atoms with E-state index in [2.05, 4.69) is 432 Å². The number of nitrogens with zero attached hydrogens (tertiary/aromatic N) is 3. The minimum Gasteiger partial charge on any atom is -0.308 e. The summed E-state index contributed by atoms with van der Waals surface area (Å²) in [6, 6.07) is 153. The van der Waals surface area contributed by atoms with Gasteiger partial charge in [0, 0.05) is 124 Å². The predicted octanol–water partition coefficient (Wildman–Crippen LogP) is 35.1. The van der Waals surface area contributed by atoms with E-state index in [1.807, 2.05) is 68.0 Å². The quantitative estimate of drug-likeness (QED) is 0.137. The molecule has 9 heterocycles. The van der Waals surface area contributed by atoms with Crippen molar-refractivity contribution in [3.8, 4) is 83.8 Å². The number of rotatable bonds is 9. The first-order valence-electron chi connectivity index (χ1n) is 41.6. The van der Waals surface area contributed by atoms with Crippen LogP contribution in [0.4, 0.5) is 0 Å². The molecule has 9 heteroatoms. The fourth-order valence-corrected chi connectivity index (χ4v) is 26.0. The minimum atomic E-state index is 1.20. The number of aromatic nitrogens is 3. The maximum Gasteiger partial charge on any atom is 0.0727 e. The van der Waals surface area contributed by atoms with Gasteiger partial charge in [0.15, 0.2) is 0 Å². The summed E-state index contributed by atoms with van der Waals surface area (Å²) in [6.07, 6.45) is 0. The Bertz CT molecular complexity index is 8840. The molecule has 0 spiro atoms. The summed E-state index contributed by atoms with van der Waals surface area (Å²) in [4.78, 5) is 0. The molecule has 0 radical (unpaired) electrons. The lowest BCUT2D eigenvalue weighted by Gasteiger charge is -2.09. The van der Waals surface area contributed by atoms with Crippen molar-refractivity contribution in [1.82, 2.24) is 13.7 Å². The third kappa shape index (κ3) is 12.0. The predicted molar refractivity (Wildman–Crippen MR) is 540 cm³/mol. The lowest BCUT2D eigenvalue weighted by atomic mass is 9.97. The molecule has 0 bridgehead atoms. The molecule has 0 N–H and O–H groups in total. The van der Waals surface area contributed by atoms with Gasteiger partial charge in [-0.15, -0.1) is 68.0 Å². The van der Waals surface area contributed by atoms with Crippen molar-refractivity contribution in [3.05, 3.63) is 419 Å². The van der Waals surface area contributed by atoms with Crippen molar-refractivity contribution >= 4 is 222 Å². The molecule has 0 fully saturated rings. The average molecular weight is 1670 g/mol. The standard InChI is InChI=1S/3C38H23NS2/c1-2-9-27(10-3-1)39-32-14-6-4-11-29(32)38-37(39)31-22-21-26(23-35(31)41-38)24-17-19-25(20-18-24)28-13-8-16-34-36(28)30-12-5-7-15-33(30)40-34;1-2-8-28(9-3-1)39-33-12-6-4-11-30(33)38-37(39)31-20-18-27(23-36(31)41-38)25-16-14-24(15-17-25)26-19-21-35-32(22-26)29-10-5-7-13-34(29)40-35;1-2-8-28(9-3-1)39-33-12-6-4-11-31(33)38-37(39)32-21-19-27(23-36(32)41-38)25-16-14-24(15-17-25)26-18-20-30-29-10-5-7-13-34(29)40-35(30)22-26/h3*1-23H. The normalized spacial score (nSPS) is 11.9. The van der Waals surface area contributed by atoms with E-state index >= 15 is 0 Å². The summed E-state index contributed by atoms with van der Waals surface area (Å²) >= 11 is 11.3. The van der Waals surface area contributed by atoms with Gasteiger partial charge in [0.25, 0.3) is 0 Å². The Hall–Kier alpha value is -14.1. The largest absolute Gasteiger partial charge is 0.308 e. The Labute approximate surface area is 731 Å². The lowest BCUT2D eigenvalue weighted by molar-refractivity contribution is 1.19. The summed E-state index contributed by atoms with van der Waals surface area (Å²) < 4.78 is 23.3. The van der Waals surface area contributed by atoms with Gasteiger partial charge in [-0.1, -0.05) is 303 Å². The number of thiophene rings is 6. The summed E-state index contributed by atoms with van der Waals surface area (Å²) in [5, 5.41) is 15.9. The second kappa shape index (κ2) is 29.4. The van der Waals surface area contributed by atoms with Gasteiger partial charge in [-0.25, -0.2) is 0 Å². The van der Waals surface area contributed by atoms with E-state index in [0.717, 1.165) is 0 Å². The smallest absolute Gasteiger partial charge is 0.0727 e. The van der Waals surface area contributed by atoms with Crippen LogP contribution in [-0.2, 0) is 0 Å². The Morgan fingerprint density at radius 3 is 0.829 bits per heavy atom. The van der Waals surface area contributed by atoms with E-state index in [0.29, 0.717) is 0 Å². The highest BCUT2D eigenvalue weighted by Crippen LogP contribution is 2.50. The van der Waals surface area contributed by atoms with E-state index in [-0.39, 0.29) is 0 Å². The third-order valence-corrected chi connectivity index (χ3v) is 31.6. The molecule has 0 saturated carbocycles. The average Bonchev–Trinajstić information content (AvgIpc) is 1.57. The van der Waals surface area contributed by atoms with Crippen LogP contribution < -0.4 is 0 Å². The van der Waals surface area contributed by atoms with Crippen LogP contribution in [0.5, 0.6) is 0 Å². The van der Waals surface area contributed by atoms with Gasteiger partial charge in [0.2, 0.25) is 0 Å². The van der Waals surface area contributed by atoms with Crippen molar-refractivity contribution in [2.45, 2.75) is 0 Å². The highest BCUT2D eigenvalue weighted by atomic mass is 32.1. The van der Waals surface area contributed by atoms with Gasteiger partial charge in [-0.2, -0.15) is 0 Å². The van der Waals surface area contributed by atoms with E-state index < -0.39 is 0 Å². The number of fused-ring (bicyclic) bond motifs is 24. The number of para-hydroxylation sites is 6. The molecular weight excluding hydrogens is 1600 g/mol. The topological polar surface area (TPSA) is 14.8 Å². The van der Waals surface area contributed by atoms with Crippen LogP contribution in [0.2, 0.25) is 0 Å². The molecule has 18 aromatic carbocycles. The fourth-order valence-electron chi connectivity index (χ4n) is 18.9. The Balaban J connectivity index is 0.000000101. The molecule has 123 heavy (non-hydrogen) atoms. The van der Waals surface area contributed by atoms with Crippen molar-refractivity contribution in [2.24, 2.45) is 0 Å². The fraction of sp³-hybridized carbons (Fsp3) is 0. The van der Waals surface area contributed by atoms with Crippen LogP contribution in [-0.4, -0.2) is 13.7 Å². The van der Waals surface area contributed by atoms with E-state index in [1.165, 1.54) is 238 Å². The first-order chi connectivity index (χ1) is 61.0. The van der Waals surface area contributed by atoms with Gasteiger partial charge in [-0.3, -0.25) is 0 Å². The lowest BCUT2D eigenvalue weighted by Crippen LogP contribution is -1.92. The molecule has 0 unspecified atom stereocenters. The Kier molecular flexibility index (Phi) is 17.1. The van der Waals surface area contributed by atoms with Crippen LogP contribution in [0, 0.1) is 0 Å². The summed E-state index contributed by atoms with van der Waals surface area (Å²) in [6.45, 7) is 0. The van der Waals surface area contributed by atoms with Crippen LogP contribution in [0.1, 0.15) is 0 Å².